The average molecular weight is 450 g/mol. The van der Waals surface area contributed by atoms with Gasteiger partial charge in [0, 0.05) is 30.6 Å². The highest BCUT2D eigenvalue weighted by atomic mass is 79.9. The van der Waals surface area contributed by atoms with Crippen molar-refractivity contribution in [3.8, 4) is 0 Å². The normalized spacial score (nSPS) is 22.7. The third kappa shape index (κ3) is 2.71. The molecule has 2 aliphatic rings. The van der Waals surface area contributed by atoms with Gasteiger partial charge in [-0.2, -0.15) is 4.98 Å². The minimum absolute atomic E-state index is 0.0329. The molecule has 2 unspecified atom stereocenters. The lowest BCUT2D eigenvalue weighted by Gasteiger charge is -2.41. The van der Waals surface area contributed by atoms with Crippen LogP contribution in [0.25, 0.3) is 10.9 Å². The summed E-state index contributed by atoms with van der Waals surface area (Å²) in [6.45, 7) is 0.753. The fourth-order valence-electron chi connectivity index (χ4n) is 3.73. The van der Waals surface area contributed by atoms with Gasteiger partial charge in [-0.25, -0.2) is 14.2 Å². The first-order valence-electron chi connectivity index (χ1n) is 7.63. The molecule has 1 aromatic carbocycles. The molecular weight excluding hydrogens is 438 g/mol. The molecule has 4 rings (SSSR count). The van der Waals surface area contributed by atoms with E-state index in [0.29, 0.717) is 24.3 Å². The number of amides is 1. The molecule has 0 spiro atoms. The number of halogens is 4. The highest BCUT2D eigenvalue weighted by Gasteiger charge is 2.43. The molecule has 1 N–H and O–H groups in total. The zero-order valence-electron chi connectivity index (χ0n) is 12.7. The number of carboxylic acid groups (broad SMARTS) is 1. The average Bonchev–Trinajstić information content (AvgIpc) is 2.82. The van der Waals surface area contributed by atoms with Crippen LogP contribution in [0, 0.1) is 5.82 Å². The molecule has 2 aliphatic heterocycles. The SMILES string of the molecule is O=C(O)N1CC2CCC(C1)N2c1nc(Cl)nc2c(F)c(Br)c(Cl)cc12. The lowest BCUT2D eigenvalue weighted by atomic mass is 10.1. The monoisotopic (exact) mass is 448 g/mol. The molecule has 2 bridgehead atoms. The van der Waals surface area contributed by atoms with Gasteiger partial charge in [0.2, 0.25) is 5.28 Å². The van der Waals surface area contributed by atoms with Crippen molar-refractivity contribution in [3.63, 3.8) is 0 Å². The summed E-state index contributed by atoms with van der Waals surface area (Å²) < 4.78 is 14.7. The van der Waals surface area contributed by atoms with Crippen LogP contribution >= 0.6 is 39.1 Å². The predicted molar refractivity (Wildman–Crippen MR) is 96.1 cm³/mol. The van der Waals surface area contributed by atoms with Crippen LogP contribution in [0.15, 0.2) is 10.5 Å². The Morgan fingerprint density at radius 2 is 1.92 bits per heavy atom. The maximum Gasteiger partial charge on any atom is 0.407 e. The van der Waals surface area contributed by atoms with E-state index in [0.717, 1.165) is 12.8 Å². The highest BCUT2D eigenvalue weighted by Crippen LogP contribution is 2.40. The zero-order valence-corrected chi connectivity index (χ0v) is 15.8. The molecule has 25 heavy (non-hydrogen) atoms. The van der Waals surface area contributed by atoms with Crippen molar-refractivity contribution in [2.45, 2.75) is 24.9 Å². The summed E-state index contributed by atoms with van der Waals surface area (Å²) >= 11 is 15.3. The minimum atomic E-state index is -0.930. The summed E-state index contributed by atoms with van der Waals surface area (Å²) in [5, 5.41) is 9.89. The number of fused-ring (bicyclic) bond motifs is 3. The Morgan fingerprint density at radius 3 is 2.52 bits per heavy atom. The summed E-state index contributed by atoms with van der Waals surface area (Å²) in [5.74, 6) is -0.0922. The molecular formula is C15H12BrCl2FN4O2. The highest BCUT2D eigenvalue weighted by molar-refractivity contribution is 9.10. The van der Waals surface area contributed by atoms with Gasteiger partial charge in [-0.15, -0.1) is 0 Å². The second-order valence-corrected chi connectivity index (χ2v) is 7.72. The molecule has 0 radical (unpaired) electrons. The van der Waals surface area contributed by atoms with Crippen LogP contribution in [-0.4, -0.2) is 51.2 Å². The van der Waals surface area contributed by atoms with E-state index in [1.54, 1.807) is 6.07 Å². The maximum atomic E-state index is 14.6. The van der Waals surface area contributed by atoms with Crippen LogP contribution in [0.4, 0.5) is 15.0 Å². The topological polar surface area (TPSA) is 69.6 Å². The van der Waals surface area contributed by atoms with Gasteiger partial charge in [0.25, 0.3) is 0 Å². The molecule has 132 valence electrons. The molecule has 1 aromatic heterocycles. The molecule has 2 atom stereocenters. The summed E-state index contributed by atoms with van der Waals surface area (Å²) in [4.78, 5) is 23.1. The van der Waals surface area contributed by atoms with Crippen molar-refractivity contribution in [1.82, 2.24) is 14.9 Å². The number of likely N-dealkylation sites (tertiary alicyclic amines) is 1. The van der Waals surface area contributed by atoms with E-state index < -0.39 is 11.9 Å². The smallest absolute Gasteiger partial charge is 0.407 e. The number of carbonyl (C=O) groups is 1. The molecule has 0 saturated carbocycles. The molecule has 6 nitrogen and oxygen atoms in total. The number of rotatable bonds is 1. The van der Waals surface area contributed by atoms with E-state index in [-0.39, 0.29) is 32.4 Å². The Bertz CT molecular complexity index is 886. The number of aromatic nitrogens is 2. The number of piperazine rings is 1. The van der Waals surface area contributed by atoms with E-state index in [9.17, 15) is 14.3 Å². The first-order valence-corrected chi connectivity index (χ1v) is 9.18. The number of benzene rings is 1. The van der Waals surface area contributed by atoms with E-state index in [1.165, 1.54) is 4.90 Å². The first kappa shape index (κ1) is 17.1. The Kier molecular flexibility index (Phi) is 4.16. The second-order valence-electron chi connectivity index (χ2n) is 6.18. The predicted octanol–water partition coefficient (Wildman–Crippen LogP) is 4.17. The molecule has 2 fully saturated rings. The molecule has 1 amide bonds. The Morgan fingerprint density at radius 1 is 1.28 bits per heavy atom. The second kappa shape index (κ2) is 6.10. The van der Waals surface area contributed by atoms with Crippen molar-refractivity contribution in [2.24, 2.45) is 0 Å². The van der Waals surface area contributed by atoms with Gasteiger partial charge < -0.3 is 14.9 Å². The van der Waals surface area contributed by atoms with E-state index >= 15 is 0 Å². The fraction of sp³-hybridized carbons (Fsp3) is 0.400. The molecule has 0 aliphatic carbocycles. The standard InChI is InChI=1S/C15H12BrCl2FN4O2/c16-10-9(17)3-8-12(11(10)19)20-14(18)21-13(8)23-6-1-2-7(23)5-22(4-6)15(24)25/h3,6-7H,1-2,4-5H2,(H,24,25). The van der Waals surface area contributed by atoms with Gasteiger partial charge in [-0.1, -0.05) is 11.6 Å². The van der Waals surface area contributed by atoms with Crippen LogP contribution in [0.2, 0.25) is 10.3 Å². The van der Waals surface area contributed by atoms with Crippen LogP contribution < -0.4 is 4.90 Å². The van der Waals surface area contributed by atoms with Crippen molar-refractivity contribution < 1.29 is 14.3 Å². The molecule has 2 saturated heterocycles. The fourth-order valence-corrected chi connectivity index (χ4v) is 4.39. The van der Waals surface area contributed by atoms with E-state index in [4.69, 9.17) is 23.2 Å². The number of anilines is 1. The molecule has 3 heterocycles. The Hall–Kier alpha value is -1.38. The van der Waals surface area contributed by atoms with Crippen molar-refractivity contribution in [1.29, 1.82) is 0 Å². The largest absolute Gasteiger partial charge is 0.465 e. The maximum absolute atomic E-state index is 14.6. The number of hydrogen-bond donors (Lipinski definition) is 1. The Labute approximate surface area is 160 Å². The summed E-state index contributed by atoms with van der Waals surface area (Å²) in [5.41, 5.74) is 0.0892. The van der Waals surface area contributed by atoms with Gasteiger partial charge >= 0.3 is 6.09 Å². The van der Waals surface area contributed by atoms with Gasteiger partial charge in [0.15, 0.2) is 5.82 Å². The third-order valence-corrected chi connectivity index (χ3v) is 6.25. The van der Waals surface area contributed by atoms with Gasteiger partial charge in [-0.3, -0.25) is 0 Å². The van der Waals surface area contributed by atoms with Gasteiger partial charge in [-0.05, 0) is 46.4 Å². The lowest BCUT2D eigenvalue weighted by molar-refractivity contribution is 0.133. The van der Waals surface area contributed by atoms with Gasteiger partial charge in [0.05, 0.1) is 9.50 Å². The van der Waals surface area contributed by atoms with Crippen molar-refractivity contribution >= 4 is 61.9 Å². The number of hydrogen-bond acceptors (Lipinski definition) is 4. The van der Waals surface area contributed by atoms with Crippen molar-refractivity contribution in [2.75, 3.05) is 18.0 Å². The lowest BCUT2D eigenvalue weighted by Crippen LogP contribution is -2.55. The third-order valence-electron chi connectivity index (χ3n) is 4.78. The van der Waals surface area contributed by atoms with Crippen LogP contribution in [0.1, 0.15) is 12.8 Å². The van der Waals surface area contributed by atoms with E-state index in [2.05, 4.69) is 25.9 Å². The first-order chi connectivity index (χ1) is 11.9. The summed E-state index contributed by atoms with van der Waals surface area (Å²) in [6, 6.07) is 1.54. The van der Waals surface area contributed by atoms with E-state index in [1.807, 2.05) is 4.90 Å². The Balaban J connectivity index is 1.86. The van der Waals surface area contributed by atoms with Crippen LogP contribution in [-0.2, 0) is 0 Å². The number of nitrogens with zero attached hydrogens (tertiary/aromatic N) is 4. The van der Waals surface area contributed by atoms with Gasteiger partial charge in [0.1, 0.15) is 11.3 Å². The summed E-state index contributed by atoms with van der Waals surface area (Å²) in [7, 11) is 0. The van der Waals surface area contributed by atoms with Crippen LogP contribution in [0.5, 0.6) is 0 Å². The zero-order chi connectivity index (χ0) is 17.9. The van der Waals surface area contributed by atoms with Crippen LogP contribution in [0.3, 0.4) is 0 Å². The summed E-state index contributed by atoms with van der Waals surface area (Å²) in [6.07, 6.45) is 0.745. The quantitative estimate of drug-likeness (QED) is 0.522. The molecule has 10 heteroatoms. The molecule has 2 aromatic rings. The minimum Gasteiger partial charge on any atom is -0.465 e. The van der Waals surface area contributed by atoms with Crippen molar-refractivity contribution in [3.05, 3.63) is 26.7 Å².